The summed E-state index contributed by atoms with van der Waals surface area (Å²) in [5.41, 5.74) is 4.68. The number of carbonyl (C=O) groups is 1. The number of benzene rings is 2. The Kier molecular flexibility index (Phi) is 10.1. The Morgan fingerprint density at radius 3 is 2.49 bits per heavy atom. The van der Waals surface area contributed by atoms with Gasteiger partial charge in [0.15, 0.2) is 5.82 Å². The van der Waals surface area contributed by atoms with E-state index in [2.05, 4.69) is 62.8 Å². The smallest absolute Gasteiger partial charge is 0.410 e. The molecule has 2 aromatic carbocycles. The minimum atomic E-state index is -2.28. The Morgan fingerprint density at radius 2 is 1.76 bits per heavy atom. The van der Waals surface area contributed by atoms with E-state index in [9.17, 15) is 4.79 Å². The third-order valence-electron chi connectivity index (χ3n) is 15.8. The number of hydrogen-bond donors (Lipinski definition) is 0. The molecule has 7 heterocycles. The highest BCUT2D eigenvalue weighted by Crippen LogP contribution is 2.59. The Hall–Kier alpha value is -4.54. The van der Waals surface area contributed by atoms with Gasteiger partial charge in [0, 0.05) is 24.0 Å². The van der Waals surface area contributed by atoms with Crippen LogP contribution in [0.15, 0.2) is 30.3 Å². The van der Waals surface area contributed by atoms with Crippen molar-refractivity contribution in [3.63, 3.8) is 0 Å². The maximum absolute atomic E-state index is 18.0. The second kappa shape index (κ2) is 15.0. The van der Waals surface area contributed by atoms with Crippen LogP contribution >= 0.6 is 0 Å². The first kappa shape index (κ1) is 42.4. The lowest BCUT2D eigenvalue weighted by molar-refractivity contribution is 0.000931. The van der Waals surface area contributed by atoms with Crippen molar-refractivity contribution >= 4 is 41.7 Å². The number of hydrogen-bond acceptors (Lipinski definition) is 9. The van der Waals surface area contributed by atoms with E-state index in [-0.39, 0.29) is 58.4 Å². The van der Waals surface area contributed by atoms with Crippen LogP contribution in [0.4, 0.5) is 19.4 Å². The molecule has 6 aliphatic rings. The predicted molar refractivity (Wildman–Crippen MR) is 245 cm³/mol. The van der Waals surface area contributed by atoms with E-state index in [1.807, 2.05) is 44.7 Å². The van der Waals surface area contributed by atoms with Gasteiger partial charge in [-0.05, 0) is 106 Å². The fourth-order valence-electron chi connectivity index (χ4n) is 13.0. The maximum Gasteiger partial charge on any atom is 0.410 e. The van der Waals surface area contributed by atoms with Gasteiger partial charge in [0.25, 0.3) is 0 Å². The zero-order chi connectivity index (χ0) is 44.5. The van der Waals surface area contributed by atoms with E-state index in [0.29, 0.717) is 63.8 Å². The molecule has 13 heteroatoms. The molecule has 4 saturated heterocycles. The van der Waals surface area contributed by atoms with Crippen molar-refractivity contribution in [2.75, 3.05) is 31.1 Å². The van der Waals surface area contributed by atoms with Crippen molar-refractivity contribution in [1.29, 1.82) is 0 Å². The Bertz CT molecular complexity index is 2570. The molecule has 1 unspecified atom stereocenters. The second-order valence-corrected chi connectivity index (χ2v) is 26.9. The first-order valence-electron chi connectivity index (χ1n) is 23.4. The summed E-state index contributed by atoms with van der Waals surface area (Å²) in [4.78, 5) is 35.6. The van der Waals surface area contributed by atoms with Crippen LogP contribution < -0.4 is 14.4 Å². The summed E-state index contributed by atoms with van der Waals surface area (Å²) in [6.07, 6.45) is 4.08. The first-order chi connectivity index (χ1) is 29.9. The number of nitrogens with zero attached hydrogens (tertiary/aromatic N) is 6. The predicted octanol–water partition coefficient (Wildman–Crippen LogP) is 10.3. The molecule has 1 saturated carbocycles. The van der Waals surface area contributed by atoms with Gasteiger partial charge in [-0.25, -0.2) is 18.6 Å². The number of anilines is 1. The molecule has 2 aromatic heterocycles. The Labute approximate surface area is 371 Å². The highest BCUT2D eigenvalue weighted by molar-refractivity contribution is 6.90. The van der Waals surface area contributed by atoms with Gasteiger partial charge in [0.1, 0.15) is 54.6 Å². The highest BCUT2D eigenvalue weighted by atomic mass is 28.3. The Morgan fingerprint density at radius 1 is 1.00 bits per heavy atom. The van der Waals surface area contributed by atoms with Gasteiger partial charge in [0.2, 0.25) is 5.88 Å². The maximum atomic E-state index is 18.0. The van der Waals surface area contributed by atoms with E-state index >= 15 is 8.78 Å². The lowest BCUT2D eigenvalue weighted by Crippen LogP contribution is -2.65. The van der Waals surface area contributed by atoms with Crippen LogP contribution in [-0.4, -0.2) is 101 Å². The summed E-state index contributed by atoms with van der Waals surface area (Å²) in [6.45, 7) is 24.0. The third kappa shape index (κ3) is 6.61. The molecule has 63 heavy (non-hydrogen) atoms. The van der Waals surface area contributed by atoms with Crippen LogP contribution in [0, 0.1) is 34.9 Å². The SMILES string of the molecule is CC(C)[Si](C#Cc1c(F)ccc2cccc(-c3nc4c5c(nc(OCC67CCCN6C[C@H]6C[C@H]67)nc5c3F)N3C[C@H]5CC[C@@H]([C@H]3[C@H](C)O4)N5C(=O)OC(C)(C)C)c12)(C(C)C)C(C)C. The first-order valence-corrected chi connectivity index (χ1v) is 25.6. The number of aromatic nitrogens is 3. The highest BCUT2D eigenvalue weighted by Gasteiger charge is 2.64. The average molecular weight is 877 g/mol. The van der Waals surface area contributed by atoms with E-state index in [0.717, 1.165) is 44.2 Å². The van der Waals surface area contributed by atoms with Crippen LogP contribution in [0.25, 0.3) is 32.9 Å². The second-order valence-electron chi connectivity index (χ2n) is 21.3. The molecule has 5 fully saturated rings. The van der Waals surface area contributed by atoms with Crippen molar-refractivity contribution in [2.45, 2.75) is 153 Å². The third-order valence-corrected chi connectivity index (χ3v) is 22.1. The fraction of sp³-hybridized carbons (Fsp3) is 0.600. The van der Waals surface area contributed by atoms with Crippen LogP contribution in [0.3, 0.4) is 0 Å². The van der Waals surface area contributed by atoms with Crippen molar-refractivity contribution in [2.24, 2.45) is 11.8 Å². The molecule has 1 amide bonds. The van der Waals surface area contributed by atoms with Gasteiger partial charge >= 0.3 is 12.1 Å². The summed E-state index contributed by atoms with van der Waals surface area (Å²) in [5, 5.41) is 1.58. The van der Waals surface area contributed by atoms with Crippen LogP contribution in [-0.2, 0) is 4.74 Å². The van der Waals surface area contributed by atoms with Gasteiger partial charge < -0.3 is 19.1 Å². The van der Waals surface area contributed by atoms with E-state index in [1.54, 1.807) is 12.1 Å². The molecule has 334 valence electrons. The standard InChI is InChI=1S/C50H62F2N6O4Si/c1-27(2)63(28(3)4,29(5)6)22-19-34-37(51)17-15-31-13-11-14-35(39(31)34)42-41(52)43-40-45(55-47(54-43)60-26-50-20-12-21-56(50)24-32-23-36(32)50)57-25-33-16-18-38(44(57)30(7)61-46(40)53-42)58(33)48(59)62-49(8,9)10/h11,13-15,17,27-30,32-33,36,38,44H,12,16,18,20-21,23-26H2,1-10H3/t30-,32+,33+,36+,38-,44+,50?/m0/s1. The number of ether oxygens (including phenoxy) is 3. The molecule has 0 radical (unpaired) electrons. The van der Waals surface area contributed by atoms with Gasteiger partial charge in [-0.3, -0.25) is 9.80 Å². The molecule has 5 aliphatic heterocycles. The van der Waals surface area contributed by atoms with Crippen LogP contribution in [0.1, 0.15) is 107 Å². The molecule has 0 spiro atoms. The monoisotopic (exact) mass is 876 g/mol. The molecule has 10 rings (SSSR count). The van der Waals surface area contributed by atoms with Crippen LogP contribution in [0.2, 0.25) is 16.6 Å². The van der Waals surface area contributed by atoms with Gasteiger partial charge in [-0.15, -0.1) is 5.54 Å². The van der Waals surface area contributed by atoms with Crippen molar-refractivity contribution in [3.05, 3.63) is 47.5 Å². The quantitative estimate of drug-likeness (QED) is 0.133. The molecule has 7 atom stereocenters. The zero-order valence-electron chi connectivity index (χ0n) is 38.5. The molecule has 10 nitrogen and oxygen atoms in total. The fourth-order valence-corrected chi connectivity index (χ4v) is 18.2. The van der Waals surface area contributed by atoms with Gasteiger partial charge in [-0.1, -0.05) is 71.7 Å². The van der Waals surface area contributed by atoms with Crippen molar-refractivity contribution in [3.8, 4) is 34.6 Å². The topological polar surface area (TPSA) is 93.2 Å². The van der Waals surface area contributed by atoms with Gasteiger partial charge in [0.05, 0.1) is 29.2 Å². The molecular formula is C50H62F2N6O4Si. The number of halogens is 2. The van der Waals surface area contributed by atoms with Gasteiger partial charge in [-0.2, -0.15) is 9.97 Å². The Balaban J connectivity index is 1.15. The molecule has 1 aliphatic carbocycles. The lowest BCUT2D eigenvalue weighted by Gasteiger charge is -2.48. The number of piperazine rings is 1. The van der Waals surface area contributed by atoms with Crippen molar-refractivity contribution < 1.29 is 27.8 Å². The summed E-state index contributed by atoms with van der Waals surface area (Å²) < 4.78 is 53.9. The summed E-state index contributed by atoms with van der Waals surface area (Å²) in [6, 6.07) is 8.07. The normalized spacial score (nSPS) is 27.3. The summed E-state index contributed by atoms with van der Waals surface area (Å²) in [5.74, 6) is 4.24. The minimum absolute atomic E-state index is 0.00594. The zero-order valence-corrected chi connectivity index (χ0v) is 39.5. The summed E-state index contributed by atoms with van der Waals surface area (Å²) in [7, 11) is -2.28. The number of pyridine rings is 1. The number of rotatable bonds is 7. The van der Waals surface area contributed by atoms with E-state index < -0.39 is 31.4 Å². The molecule has 2 bridgehead atoms. The number of amides is 1. The largest absolute Gasteiger partial charge is 0.472 e. The van der Waals surface area contributed by atoms with E-state index in [1.165, 1.54) is 12.5 Å². The van der Waals surface area contributed by atoms with Crippen LogP contribution in [0.5, 0.6) is 11.9 Å². The minimum Gasteiger partial charge on any atom is -0.472 e. The molecule has 0 N–H and O–H groups in total. The number of fused-ring (bicyclic) bond motifs is 9. The number of carbonyl (C=O) groups excluding carboxylic acids is 1. The average Bonchev–Trinajstić information content (AvgIpc) is 3.66. The van der Waals surface area contributed by atoms with E-state index in [4.69, 9.17) is 29.2 Å². The summed E-state index contributed by atoms with van der Waals surface area (Å²) >= 11 is 0. The molecule has 4 aromatic rings. The number of piperidine rings is 1. The van der Waals surface area contributed by atoms with Crippen molar-refractivity contribution in [1.82, 2.24) is 24.8 Å². The molecular weight excluding hydrogens is 815 g/mol. The lowest BCUT2D eigenvalue weighted by atomic mass is 9.92.